The molecule has 2 fully saturated rings. The van der Waals surface area contributed by atoms with Gasteiger partial charge in [-0.15, -0.1) is 0 Å². The monoisotopic (exact) mass is 527 g/mol. The first-order valence-electron chi connectivity index (χ1n) is 11.9. The molecule has 0 amide bonds. The highest BCUT2D eigenvalue weighted by Gasteiger charge is 2.48. The first-order chi connectivity index (χ1) is 17.7. The molecule has 13 heteroatoms. The molecule has 2 aliphatic rings. The van der Waals surface area contributed by atoms with Crippen molar-refractivity contribution in [3.05, 3.63) is 35.9 Å². The second kappa shape index (κ2) is 13.5. The molecule has 11 atom stereocenters. The fourth-order valence-electron chi connectivity index (χ4n) is 3.95. The van der Waals surface area contributed by atoms with Crippen LogP contribution >= 0.6 is 0 Å². The van der Waals surface area contributed by atoms with Gasteiger partial charge in [-0.2, -0.15) is 5.26 Å². The maximum absolute atomic E-state index is 11.6. The fourth-order valence-corrected chi connectivity index (χ4v) is 3.95. The number of hydrogen-bond acceptors (Lipinski definition) is 13. The molecule has 37 heavy (non-hydrogen) atoms. The Hall–Kier alpha value is -2.22. The molecular weight excluding hydrogens is 494 g/mol. The Morgan fingerprint density at radius 3 is 2.05 bits per heavy atom. The first-order valence-corrected chi connectivity index (χ1v) is 11.9. The van der Waals surface area contributed by atoms with E-state index in [0.29, 0.717) is 12.0 Å². The van der Waals surface area contributed by atoms with E-state index in [1.165, 1.54) is 0 Å². The van der Waals surface area contributed by atoms with Crippen molar-refractivity contribution in [1.82, 2.24) is 0 Å². The first kappa shape index (κ1) is 29.3. The Morgan fingerprint density at radius 1 is 0.892 bits per heavy atom. The highest BCUT2D eigenvalue weighted by molar-refractivity contribution is 5.69. The van der Waals surface area contributed by atoms with Crippen molar-refractivity contribution in [3.8, 4) is 6.07 Å². The summed E-state index contributed by atoms with van der Waals surface area (Å²) in [5.41, 5.74) is 0.478. The molecule has 206 valence electrons. The largest absolute Gasteiger partial charge is 0.463 e. The molecule has 0 radical (unpaired) electrons. The average molecular weight is 528 g/mol. The minimum Gasteiger partial charge on any atom is -0.463 e. The van der Waals surface area contributed by atoms with Gasteiger partial charge in [0.05, 0.1) is 12.7 Å². The molecule has 0 aromatic heterocycles. The van der Waals surface area contributed by atoms with Crippen molar-refractivity contribution in [2.24, 2.45) is 0 Å². The van der Waals surface area contributed by atoms with E-state index in [0.717, 1.165) is 0 Å². The van der Waals surface area contributed by atoms with Crippen LogP contribution in [0.2, 0.25) is 0 Å². The van der Waals surface area contributed by atoms with Crippen LogP contribution in [-0.2, 0) is 28.5 Å². The standard InChI is InChI=1S/C24H33NO12/c1-2-6-16(26)33-10-14-17(27)19(29)21(31)23(36-14)34-11-15-18(28)20(30)22(32)24(37-15)35-13(9-25)12-7-4-3-5-8-12/h3-5,7-8,13-15,17-24,27-32H,2,6,10-11H2,1H3/t13-,14-,15-,17-,18-,19+,20+,21-,22-,23-,24-/m1/s1. The zero-order valence-corrected chi connectivity index (χ0v) is 20.1. The van der Waals surface area contributed by atoms with E-state index in [-0.39, 0.29) is 6.42 Å². The van der Waals surface area contributed by atoms with Crippen LogP contribution in [0.4, 0.5) is 0 Å². The van der Waals surface area contributed by atoms with E-state index in [2.05, 4.69) is 0 Å². The van der Waals surface area contributed by atoms with Gasteiger partial charge < -0.3 is 54.3 Å². The summed E-state index contributed by atoms with van der Waals surface area (Å²) in [5.74, 6) is -0.528. The third-order valence-corrected chi connectivity index (χ3v) is 6.11. The third kappa shape index (κ3) is 7.21. The zero-order valence-electron chi connectivity index (χ0n) is 20.1. The molecule has 13 nitrogen and oxygen atoms in total. The number of nitriles is 1. The molecule has 0 bridgehead atoms. The number of carbonyl (C=O) groups excluding carboxylic acids is 1. The molecule has 1 aromatic rings. The molecule has 2 aliphatic heterocycles. The maximum Gasteiger partial charge on any atom is 0.305 e. The summed E-state index contributed by atoms with van der Waals surface area (Å²) in [6.07, 6.45) is -16.1. The number of ether oxygens (including phenoxy) is 5. The van der Waals surface area contributed by atoms with Crippen LogP contribution in [0.3, 0.4) is 0 Å². The lowest BCUT2D eigenvalue weighted by molar-refractivity contribution is -0.334. The summed E-state index contributed by atoms with van der Waals surface area (Å²) in [5, 5.41) is 71.2. The van der Waals surface area contributed by atoms with Crippen molar-refractivity contribution in [1.29, 1.82) is 5.26 Å². The molecule has 6 N–H and O–H groups in total. The summed E-state index contributed by atoms with van der Waals surface area (Å²) >= 11 is 0. The van der Waals surface area contributed by atoms with Gasteiger partial charge in [-0.25, -0.2) is 0 Å². The number of benzene rings is 1. The molecule has 0 saturated carbocycles. The van der Waals surface area contributed by atoms with Gasteiger partial charge in [0.2, 0.25) is 0 Å². The summed E-state index contributed by atoms with van der Waals surface area (Å²) in [7, 11) is 0. The number of nitrogens with zero attached hydrogens (tertiary/aromatic N) is 1. The van der Waals surface area contributed by atoms with Gasteiger partial charge in [-0.1, -0.05) is 37.3 Å². The lowest BCUT2D eigenvalue weighted by Crippen LogP contribution is -2.62. The summed E-state index contributed by atoms with van der Waals surface area (Å²) in [4.78, 5) is 11.6. The van der Waals surface area contributed by atoms with Crippen molar-refractivity contribution >= 4 is 5.97 Å². The number of carbonyl (C=O) groups is 1. The molecule has 0 spiro atoms. The van der Waals surface area contributed by atoms with Crippen LogP contribution in [0, 0.1) is 11.3 Å². The van der Waals surface area contributed by atoms with Gasteiger partial charge in [0.25, 0.3) is 0 Å². The van der Waals surface area contributed by atoms with E-state index in [1.54, 1.807) is 37.3 Å². The number of esters is 1. The number of aliphatic hydroxyl groups excluding tert-OH is 6. The van der Waals surface area contributed by atoms with Crippen LogP contribution < -0.4 is 0 Å². The molecular formula is C24H33NO12. The Balaban J connectivity index is 1.63. The van der Waals surface area contributed by atoms with Crippen LogP contribution in [0.1, 0.15) is 31.4 Å². The molecule has 2 saturated heterocycles. The van der Waals surface area contributed by atoms with Gasteiger partial charge in [-0.05, 0) is 12.0 Å². The Morgan fingerprint density at radius 2 is 1.46 bits per heavy atom. The van der Waals surface area contributed by atoms with Gasteiger partial charge in [0, 0.05) is 6.42 Å². The number of aliphatic hydroxyl groups is 6. The van der Waals surface area contributed by atoms with Gasteiger partial charge in [0.1, 0.15) is 55.4 Å². The molecule has 1 aromatic carbocycles. The number of hydrogen-bond donors (Lipinski definition) is 6. The molecule has 2 heterocycles. The molecule has 0 aliphatic carbocycles. The third-order valence-electron chi connectivity index (χ3n) is 6.11. The van der Waals surface area contributed by atoms with Crippen molar-refractivity contribution in [3.63, 3.8) is 0 Å². The topological polar surface area (TPSA) is 208 Å². The van der Waals surface area contributed by atoms with E-state index in [1.807, 2.05) is 6.07 Å². The minimum atomic E-state index is -1.72. The normalized spacial score (nSPS) is 36.9. The van der Waals surface area contributed by atoms with Crippen molar-refractivity contribution in [2.75, 3.05) is 13.2 Å². The highest BCUT2D eigenvalue weighted by atomic mass is 16.7. The minimum absolute atomic E-state index is 0.152. The van der Waals surface area contributed by atoms with Crippen LogP contribution in [0.25, 0.3) is 0 Å². The van der Waals surface area contributed by atoms with E-state index in [9.17, 15) is 40.7 Å². The summed E-state index contributed by atoms with van der Waals surface area (Å²) in [6.45, 7) is 0.870. The molecule has 0 unspecified atom stereocenters. The number of rotatable bonds is 10. The van der Waals surface area contributed by atoms with Gasteiger partial charge in [0.15, 0.2) is 18.7 Å². The van der Waals surface area contributed by atoms with E-state index in [4.69, 9.17) is 23.7 Å². The predicted octanol–water partition coefficient (Wildman–Crippen LogP) is -1.76. The fraction of sp³-hybridized carbons (Fsp3) is 0.667. The van der Waals surface area contributed by atoms with E-state index >= 15 is 0 Å². The summed E-state index contributed by atoms with van der Waals surface area (Å²) < 4.78 is 27.1. The highest BCUT2D eigenvalue weighted by Crippen LogP contribution is 2.29. The second-order valence-corrected chi connectivity index (χ2v) is 8.85. The lowest BCUT2D eigenvalue weighted by atomic mass is 9.98. The zero-order chi connectivity index (χ0) is 27.1. The van der Waals surface area contributed by atoms with Crippen LogP contribution in [0.5, 0.6) is 0 Å². The summed E-state index contributed by atoms with van der Waals surface area (Å²) in [6, 6.07) is 10.3. The second-order valence-electron chi connectivity index (χ2n) is 8.85. The maximum atomic E-state index is 11.6. The molecule has 3 rings (SSSR count). The van der Waals surface area contributed by atoms with Crippen LogP contribution in [-0.4, -0.2) is 111 Å². The van der Waals surface area contributed by atoms with E-state index < -0.39 is 86.7 Å². The quantitative estimate of drug-likeness (QED) is 0.187. The Labute approximate surface area is 213 Å². The predicted molar refractivity (Wildman–Crippen MR) is 121 cm³/mol. The lowest BCUT2D eigenvalue weighted by Gasteiger charge is -2.43. The SMILES string of the molecule is CCCC(=O)OC[C@H]1O[C@@H](OC[C@H]2O[C@@H](O[C@H](C#N)c3ccccc3)[C@H](O)[C@@H](O)[C@@H]2O)[C@H](O)[C@@H](O)[C@@H]1O. The average Bonchev–Trinajstić information content (AvgIpc) is 2.90. The van der Waals surface area contributed by atoms with Crippen LogP contribution in [0.15, 0.2) is 30.3 Å². The van der Waals surface area contributed by atoms with Crippen molar-refractivity contribution < 1.29 is 59.1 Å². The van der Waals surface area contributed by atoms with Gasteiger partial charge >= 0.3 is 5.97 Å². The smallest absolute Gasteiger partial charge is 0.305 e. The van der Waals surface area contributed by atoms with Gasteiger partial charge in [-0.3, -0.25) is 4.79 Å². The Kier molecular flexibility index (Phi) is 10.7. The van der Waals surface area contributed by atoms with Crippen molar-refractivity contribution in [2.45, 2.75) is 87.3 Å². The Bertz CT molecular complexity index is 897.